The zero-order valence-electron chi connectivity index (χ0n) is 42.9. The predicted molar refractivity (Wildman–Crippen MR) is 300 cm³/mol. The van der Waals surface area contributed by atoms with Gasteiger partial charge in [0.1, 0.15) is 0 Å². The molecular weight excluding hydrogens is 923 g/mol. The van der Waals surface area contributed by atoms with Gasteiger partial charge in [0.05, 0.1) is 52.9 Å². The minimum atomic E-state index is 0.778. The Morgan fingerprint density at radius 3 is 0.470 bits per heavy atom. The van der Waals surface area contributed by atoms with Crippen LogP contribution in [0.2, 0.25) is 0 Å². The van der Waals surface area contributed by atoms with Gasteiger partial charge in [0.15, 0.2) is 0 Å². The Morgan fingerprint density at radius 2 is 0.364 bits per heavy atom. The van der Waals surface area contributed by atoms with E-state index in [1.165, 1.54) is 244 Å². The first-order valence-corrected chi connectivity index (χ1v) is 33.4. The van der Waals surface area contributed by atoms with Crippen molar-refractivity contribution in [3.8, 4) is 0 Å². The quantitative estimate of drug-likeness (QED) is 0.234. The average Bonchev–Trinajstić information content (AvgIpc) is 4.34. The van der Waals surface area contributed by atoms with E-state index in [0.29, 0.717) is 0 Å². The van der Waals surface area contributed by atoms with Crippen LogP contribution in [0.25, 0.3) is 0 Å². The number of hydrogen-bond acceptors (Lipinski definition) is 13. The highest BCUT2D eigenvalue weighted by molar-refractivity contribution is 8.06. The maximum atomic E-state index is 5.07. The molecule has 0 spiro atoms. The first-order valence-electron chi connectivity index (χ1n) is 27.6. The summed E-state index contributed by atoms with van der Waals surface area (Å²) in [5.41, 5.74) is 0. The summed E-state index contributed by atoms with van der Waals surface area (Å²) < 4.78 is 34.2. The number of epoxide rings is 1. The third-order valence-electron chi connectivity index (χ3n) is 10.7. The molecular formula is C53H107NO7S5. The summed E-state index contributed by atoms with van der Waals surface area (Å²) in [6.45, 7) is 15.5. The predicted octanol–water partition coefficient (Wildman–Crippen LogP) is 13.9. The molecule has 0 aromatic carbocycles. The topological polar surface area (TPSA) is 79.9 Å². The molecule has 3 saturated carbocycles. The molecule has 0 aromatic heterocycles. The molecule has 66 heavy (non-hydrogen) atoms. The maximum absolute atomic E-state index is 5.07. The van der Waals surface area contributed by atoms with Gasteiger partial charge in [-0.3, -0.25) is 0 Å². The fourth-order valence-corrected chi connectivity index (χ4v) is 8.69. The highest BCUT2D eigenvalue weighted by Crippen LogP contribution is 2.18. The highest BCUT2D eigenvalue weighted by Gasteiger charge is 2.01. The average molecular weight is 1030 g/mol. The van der Waals surface area contributed by atoms with Gasteiger partial charge < -0.3 is 38.5 Å². The van der Waals surface area contributed by atoms with Gasteiger partial charge in [0, 0.05) is 62.7 Å². The smallest absolute Gasteiger partial charge is 0.0701 e. The molecule has 14 aliphatic rings. The maximum Gasteiger partial charge on any atom is 0.0701 e. The van der Waals surface area contributed by atoms with E-state index in [0.717, 1.165) is 92.5 Å². The van der Waals surface area contributed by atoms with E-state index in [2.05, 4.69) is 33.6 Å². The van der Waals surface area contributed by atoms with Gasteiger partial charge in [0.2, 0.25) is 0 Å². The van der Waals surface area contributed by atoms with Crippen molar-refractivity contribution in [3.63, 3.8) is 0 Å². The summed E-state index contributed by atoms with van der Waals surface area (Å²) in [5.74, 6) is 13.7. The molecule has 11 heterocycles. The molecule has 14 rings (SSSR count). The van der Waals surface area contributed by atoms with Crippen LogP contribution in [0.3, 0.4) is 0 Å². The van der Waals surface area contributed by atoms with Crippen molar-refractivity contribution in [3.05, 3.63) is 0 Å². The third kappa shape index (κ3) is 72.0. The largest absolute Gasteiger partial charge is 0.381 e. The number of hydrogen-bond donors (Lipinski definition) is 1. The summed E-state index contributed by atoms with van der Waals surface area (Å²) in [6, 6.07) is 0. The van der Waals surface area contributed by atoms with Gasteiger partial charge in [-0.15, -0.1) is 0 Å². The zero-order valence-corrected chi connectivity index (χ0v) is 47.0. The lowest BCUT2D eigenvalue weighted by atomic mass is 10.0. The second-order valence-electron chi connectivity index (χ2n) is 17.6. The van der Waals surface area contributed by atoms with Crippen LogP contribution < -0.4 is 5.32 Å². The van der Waals surface area contributed by atoms with Crippen molar-refractivity contribution in [2.45, 2.75) is 173 Å². The molecule has 11 aliphatic heterocycles. The fraction of sp³-hybridized carbons (Fsp3) is 1.00. The van der Waals surface area contributed by atoms with Crippen LogP contribution in [0.5, 0.6) is 0 Å². The summed E-state index contributed by atoms with van der Waals surface area (Å²) in [5, 5.41) is 3.11. The normalized spacial score (nSPS) is 24.0. The number of nitrogens with one attached hydrogen (secondary N) is 1. The highest BCUT2D eigenvalue weighted by atomic mass is 32.2. The summed E-state index contributed by atoms with van der Waals surface area (Å²) in [4.78, 5) is 0. The van der Waals surface area contributed by atoms with Crippen LogP contribution in [-0.4, -0.2) is 163 Å². The van der Waals surface area contributed by atoms with Gasteiger partial charge in [-0.1, -0.05) is 96.3 Å². The van der Waals surface area contributed by atoms with E-state index in [4.69, 9.17) is 28.4 Å². The van der Waals surface area contributed by atoms with E-state index in [-0.39, 0.29) is 0 Å². The molecule has 13 heteroatoms. The zero-order chi connectivity index (χ0) is 46.7. The second kappa shape index (κ2) is 62.5. The first kappa shape index (κ1) is 65.4. The van der Waals surface area contributed by atoms with Crippen molar-refractivity contribution < 1.29 is 33.2 Å². The summed E-state index contributed by atoms with van der Waals surface area (Å²) >= 11 is 10.2. The number of thioether (sulfide) groups is 5. The minimum Gasteiger partial charge on any atom is -0.381 e. The first-order chi connectivity index (χ1) is 33.0. The lowest BCUT2D eigenvalue weighted by molar-refractivity contribution is -0.0334. The van der Waals surface area contributed by atoms with Crippen LogP contribution in [0.4, 0.5) is 0 Å². The van der Waals surface area contributed by atoms with Gasteiger partial charge >= 0.3 is 0 Å². The Morgan fingerprint density at radius 1 is 0.167 bits per heavy atom. The summed E-state index contributed by atoms with van der Waals surface area (Å²) in [6.07, 6.45) is 38.9. The van der Waals surface area contributed by atoms with Crippen molar-refractivity contribution in [2.75, 3.05) is 163 Å². The Bertz CT molecular complexity index is 585. The molecule has 0 atom stereocenters. The van der Waals surface area contributed by atoms with Crippen LogP contribution in [0.1, 0.15) is 173 Å². The monoisotopic (exact) mass is 1030 g/mol. The van der Waals surface area contributed by atoms with Crippen LogP contribution in [0.15, 0.2) is 0 Å². The fourth-order valence-electron chi connectivity index (χ4n) is 5.68. The Labute approximate surface area is 431 Å². The van der Waals surface area contributed by atoms with E-state index in [1.54, 1.807) is 0 Å². The lowest BCUT2D eigenvalue weighted by Gasteiger charge is -2.09. The van der Waals surface area contributed by atoms with Gasteiger partial charge in [-0.25, -0.2) is 0 Å². The summed E-state index contributed by atoms with van der Waals surface area (Å²) in [7, 11) is 0. The second-order valence-corrected chi connectivity index (χ2v) is 23.8. The molecule has 0 aromatic rings. The molecule has 0 unspecified atom stereocenters. The van der Waals surface area contributed by atoms with Crippen molar-refractivity contribution in [2.24, 2.45) is 0 Å². The molecule has 3 aliphatic carbocycles. The van der Waals surface area contributed by atoms with Crippen molar-refractivity contribution in [1.82, 2.24) is 5.32 Å². The van der Waals surface area contributed by atoms with E-state index >= 15 is 0 Å². The standard InChI is InChI=1S/C6H12.C5H10O.C5H10S.C5H10.C4H8O2.C4H8OS.C4H8O.C4H8S.C3H7N.C3H6O.C3H6S.C3H6.C2H4O.C2H4S/c3*1-2-4-6-5-3-1;1-2-4-5-3-1;1-2-6-4-3-5-1;1-3-6-4-2-5-1;2*1-2-4-5-3-1;3*1-2-4-3-1;3*1-2-3-1/h1-6H2;2*1-5H2;1-5H2;2*1-4H2;2*1-4H2;4H,1-3H2;2*1-3H2;1-3H2;2*1-2H2. The molecule has 8 nitrogen and oxygen atoms in total. The Kier molecular flexibility index (Phi) is 62.0. The number of ether oxygens (including phenoxy) is 7. The van der Waals surface area contributed by atoms with Crippen molar-refractivity contribution >= 4 is 58.8 Å². The minimum absolute atomic E-state index is 0.778. The van der Waals surface area contributed by atoms with Gasteiger partial charge in [-0.05, 0) is 125 Å². The van der Waals surface area contributed by atoms with E-state index in [1.807, 2.05) is 35.3 Å². The molecule has 14 fully saturated rings. The third-order valence-corrected chi connectivity index (χ3v) is 15.5. The lowest BCUT2D eigenvalue weighted by Crippen LogP contribution is -2.29. The molecule has 11 saturated heterocycles. The van der Waals surface area contributed by atoms with E-state index < -0.39 is 0 Å². The Balaban J connectivity index is 0.000000357. The van der Waals surface area contributed by atoms with Gasteiger partial charge in [0.25, 0.3) is 0 Å². The molecule has 0 amide bonds. The SMILES string of the molecule is C1CC1.C1CCCC1.C1CCCCC1.C1CCOC1.C1CCOCC1.C1CCSC1.C1CCSCC1.C1CNC1.C1CO1.C1COC1.C1COCCO1.C1CS1.C1CSC1.C1CSCCO1. The van der Waals surface area contributed by atoms with Crippen LogP contribution in [-0.2, 0) is 33.2 Å². The molecule has 0 radical (unpaired) electrons. The molecule has 1 N–H and O–H groups in total. The van der Waals surface area contributed by atoms with Crippen LogP contribution >= 0.6 is 58.8 Å². The number of rotatable bonds is 0. The van der Waals surface area contributed by atoms with Crippen LogP contribution in [0, 0.1) is 0 Å². The van der Waals surface area contributed by atoms with Gasteiger partial charge in [-0.2, -0.15) is 58.8 Å². The molecule has 0 bridgehead atoms. The molecule has 396 valence electrons. The van der Waals surface area contributed by atoms with Crippen molar-refractivity contribution in [1.29, 1.82) is 0 Å². The van der Waals surface area contributed by atoms with E-state index in [9.17, 15) is 0 Å². The Hall–Kier alpha value is 1.43.